The molecule has 0 aromatic heterocycles. The molecule has 0 atom stereocenters. The molecule has 1 heteroatoms. The van der Waals surface area contributed by atoms with E-state index in [9.17, 15) is 0 Å². The van der Waals surface area contributed by atoms with E-state index in [4.69, 9.17) is 0 Å². The summed E-state index contributed by atoms with van der Waals surface area (Å²) in [6.07, 6.45) is 2.34. The zero-order valence-electron chi connectivity index (χ0n) is 12.5. The fourth-order valence-electron chi connectivity index (χ4n) is 1.53. The van der Waals surface area contributed by atoms with Gasteiger partial charge in [0.05, 0.1) is 8.07 Å². The van der Waals surface area contributed by atoms with Crippen molar-refractivity contribution in [2.75, 3.05) is 0 Å². The predicted molar refractivity (Wildman–Crippen MR) is 84.2 cm³/mol. The molecule has 0 aliphatic rings. The maximum atomic E-state index is 3.41. The molecule has 0 saturated carbocycles. The topological polar surface area (TPSA) is 0 Å². The molecule has 0 nitrogen and oxygen atoms in total. The van der Waals surface area contributed by atoms with E-state index < -0.39 is 8.07 Å². The molecule has 0 fully saturated rings. The van der Waals surface area contributed by atoms with Crippen LogP contribution < -0.4 is 0 Å². The Labute approximate surface area is 113 Å². The van der Waals surface area contributed by atoms with Gasteiger partial charge in [-0.15, -0.1) is 0 Å². The largest absolute Gasteiger partial charge is 0.0880 e. The van der Waals surface area contributed by atoms with Crippen LogP contribution in [0.15, 0.2) is 41.6 Å². The van der Waals surface area contributed by atoms with E-state index in [0.717, 1.165) is 5.56 Å². The third kappa shape index (κ3) is 5.38. The summed E-state index contributed by atoms with van der Waals surface area (Å²) >= 11 is 0. The first kappa shape index (κ1) is 14.8. The summed E-state index contributed by atoms with van der Waals surface area (Å²) in [7, 11) is -1.36. The first-order valence-corrected chi connectivity index (χ1v) is 9.99. The minimum atomic E-state index is -1.36. The average Bonchev–Trinajstić information content (AvgIpc) is 2.22. The number of rotatable bonds is 1. The highest BCUT2D eigenvalue weighted by Gasteiger charge is 2.20. The molecule has 96 valence electrons. The Bertz CT molecular complexity index is 470. The van der Waals surface area contributed by atoms with E-state index in [1.807, 2.05) is 18.2 Å². The van der Waals surface area contributed by atoms with Gasteiger partial charge in [0.2, 0.25) is 0 Å². The second kappa shape index (κ2) is 5.59. The second-order valence-electron chi connectivity index (χ2n) is 6.79. The van der Waals surface area contributed by atoms with Crippen molar-refractivity contribution in [3.8, 4) is 11.8 Å². The van der Waals surface area contributed by atoms with Gasteiger partial charge in [-0.1, -0.05) is 76.5 Å². The lowest BCUT2D eigenvalue weighted by atomic mass is 9.96. The molecule has 1 aromatic carbocycles. The Kier molecular flexibility index (Phi) is 4.59. The van der Waals surface area contributed by atoms with Gasteiger partial charge < -0.3 is 0 Å². The average molecular weight is 256 g/mol. The molecule has 0 saturated heterocycles. The molecular formula is C17H24Si. The summed E-state index contributed by atoms with van der Waals surface area (Å²) < 4.78 is 0. The van der Waals surface area contributed by atoms with E-state index >= 15 is 0 Å². The Morgan fingerprint density at radius 3 is 2.06 bits per heavy atom. The van der Waals surface area contributed by atoms with Gasteiger partial charge in [-0.2, -0.15) is 0 Å². The van der Waals surface area contributed by atoms with Crippen LogP contribution in [0.3, 0.4) is 0 Å². The number of benzene rings is 1. The van der Waals surface area contributed by atoms with Crippen LogP contribution >= 0.6 is 0 Å². The summed E-state index contributed by atoms with van der Waals surface area (Å²) in [5.41, 5.74) is 1.29. The zero-order chi connectivity index (χ0) is 13.8. The normalized spacial score (nSPS) is 12.9. The lowest BCUT2D eigenvalue weighted by Crippen LogP contribution is -2.24. The highest BCUT2D eigenvalue weighted by atomic mass is 28.3. The van der Waals surface area contributed by atoms with Crippen LogP contribution in [-0.4, -0.2) is 8.07 Å². The fourth-order valence-corrected chi connectivity index (χ4v) is 2.84. The third-order valence-electron chi connectivity index (χ3n) is 2.50. The van der Waals surface area contributed by atoms with Crippen molar-refractivity contribution in [1.82, 2.24) is 0 Å². The van der Waals surface area contributed by atoms with Gasteiger partial charge in [-0.3, -0.25) is 0 Å². The third-order valence-corrected chi connectivity index (χ3v) is 4.39. The summed E-state index contributed by atoms with van der Waals surface area (Å²) in [6.45, 7) is 13.8. The first-order chi connectivity index (χ1) is 8.18. The molecule has 0 amide bonds. The van der Waals surface area contributed by atoms with Gasteiger partial charge in [0.25, 0.3) is 0 Å². The van der Waals surface area contributed by atoms with Crippen molar-refractivity contribution < 1.29 is 0 Å². The zero-order valence-corrected chi connectivity index (χ0v) is 13.5. The first-order valence-electron chi connectivity index (χ1n) is 6.49. The lowest BCUT2D eigenvalue weighted by molar-refractivity contribution is 0.543. The Hall–Kier alpha value is -1.26. The molecule has 0 radical (unpaired) electrons. The number of hydrogen-bond acceptors (Lipinski definition) is 0. The van der Waals surface area contributed by atoms with Crippen molar-refractivity contribution in [2.24, 2.45) is 5.41 Å². The molecule has 0 spiro atoms. The maximum Gasteiger partial charge on any atom is 0.0880 e. The Balaban J connectivity index is 3.10. The SMILES string of the molecule is CC(C)(C)/C=C(/C#Cc1ccccc1)[Si](C)(C)C. The van der Waals surface area contributed by atoms with Crippen LogP contribution in [0, 0.1) is 17.3 Å². The van der Waals surface area contributed by atoms with Gasteiger partial charge in [-0.25, -0.2) is 0 Å². The van der Waals surface area contributed by atoms with Crippen molar-refractivity contribution in [3.63, 3.8) is 0 Å². The molecule has 0 bridgehead atoms. The highest BCUT2D eigenvalue weighted by Crippen LogP contribution is 2.23. The molecule has 0 aliphatic heterocycles. The molecule has 18 heavy (non-hydrogen) atoms. The quantitative estimate of drug-likeness (QED) is 0.496. The van der Waals surface area contributed by atoms with E-state index in [1.165, 1.54) is 5.20 Å². The maximum absolute atomic E-state index is 3.41. The van der Waals surface area contributed by atoms with E-state index in [-0.39, 0.29) is 5.41 Å². The highest BCUT2D eigenvalue weighted by molar-refractivity contribution is 6.84. The fraction of sp³-hybridized carbons (Fsp3) is 0.412. The summed E-state index contributed by atoms with van der Waals surface area (Å²) in [5, 5.41) is 1.35. The molecule has 0 heterocycles. The van der Waals surface area contributed by atoms with E-state index in [1.54, 1.807) is 0 Å². The Morgan fingerprint density at radius 1 is 1.06 bits per heavy atom. The van der Waals surface area contributed by atoms with Crippen LogP contribution in [-0.2, 0) is 0 Å². The van der Waals surface area contributed by atoms with Gasteiger partial charge in [0.15, 0.2) is 0 Å². The van der Waals surface area contributed by atoms with Crippen molar-refractivity contribution in [1.29, 1.82) is 0 Å². The second-order valence-corrected chi connectivity index (χ2v) is 11.8. The van der Waals surface area contributed by atoms with Crippen LogP contribution in [0.25, 0.3) is 0 Å². The summed E-state index contributed by atoms with van der Waals surface area (Å²) in [6, 6.07) is 10.2. The summed E-state index contributed by atoms with van der Waals surface area (Å²) in [4.78, 5) is 0. The number of allylic oxidation sites excluding steroid dienone is 2. The molecule has 1 rings (SSSR count). The lowest BCUT2D eigenvalue weighted by Gasteiger charge is -2.21. The molecular weight excluding hydrogens is 232 g/mol. The van der Waals surface area contributed by atoms with E-state index in [2.05, 4.69) is 70.5 Å². The van der Waals surface area contributed by atoms with Crippen molar-refractivity contribution >= 4 is 8.07 Å². The molecule has 1 aromatic rings. The van der Waals surface area contributed by atoms with Gasteiger partial charge in [-0.05, 0) is 22.7 Å². The smallest absolute Gasteiger partial charge is 0.0717 e. The van der Waals surface area contributed by atoms with Gasteiger partial charge in [0, 0.05) is 5.56 Å². The molecule has 0 unspecified atom stereocenters. The molecule has 0 aliphatic carbocycles. The van der Waals surface area contributed by atoms with Crippen molar-refractivity contribution in [3.05, 3.63) is 47.2 Å². The predicted octanol–water partition coefficient (Wildman–Crippen LogP) is 4.89. The number of hydrogen-bond donors (Lipinski definition) is 0. The Morgan fingerprint density at radius 2 is 1.61 bits per heavy atom. The standard InChI is InChI=1S/C17H24Si/c1-17(2,3)14-16(18(4,5)6)13-12-15-10-8-7-9-11-15/h7-11,14H,1-6H3/b16-14-. The van der Waals surface area contributed by atoms with Crippen LogP contribution in [0.2, 0.25) is 19.6 Å². The van der Waals surface area contributed by atoms with Gasteiger partial charge >= 0.3 is 0 Å². The minimum absolute atomic E-state index is 0.195. The minimum Gasteiger partial charge on any atom is -0.0717 e. The van der Waals surface area contributed by atoms with Crippen LogP contribution in [0.5, 0.6) is 0 Å². The molecule has 0 N–H and O–H groups in total. The van der Waals surface area contributed by atoms with Crippen molar-refractivity contribution in [2.45, 2.75) is 40.4 Å². The van der Waals surface area contributed by atoms with Crippen LogP contribution in [0.1, 0.15) is 26.3 Å². The summed E-state index contributed by atoms with van der Waals surface area (Å²) in [5.74, 6) is 6.70. The monoisotopic (exact) mass is 256 g/mol. The van der Waals surface area contributed by atoms with E-state index in [0.29, 0.717) is 0 Å². The van der Waals surface area contributed by atoms with Gasteiger partial charge in [0.1, 0.15) is 0 Å². The van der Waals surface area contributed by atoms with Crippen LogP contribution in [0.4, 0.5) is 0 Å².